The Kier molecular flexibility index (Phi) is 7.00. The number of ether oxygens (including phenoxy) is 1. The largest absolute Gasteiger partial charge is 0.379 e. The quantitative estimate of drug-likeness (QED) is 0.651. The maximum atomic E-state index is 13.0. The zero-order valence-electron chi connectivity index (χ0n) is 15.5. The van der Waals surface area contributed by atoms with Gasteiger partial charge in [0, 0.05) is 19.4 Å². The number of benzene rings is 1. The normalized spacial score (nSPS) is 25.5. The Bertz CT molecular complexity index is 596. The number of hydrogen-bond donors (Lipinski definition) is 3. The Labute approximate surface area is 160 Å². The topological polar surface area (TPSA) is 62.4 Å². The van der Waals surface area contributed by atoms with Crippen molar-refractivity contribution in [1.29, 1.82) is 0 Å². The fraction of sp³-hybridized carbons (Fsp3) is 0.550. The first kappa shape index (κ1) is 19.3. The predicted octanol–water partition coefficient (Wildman–Crippen LogP) is 2.25. The van der Waals surface area contributed by atoms with Gasteiger partial charge in [0.25, 0.3) is 0 Å². The molecule has 1 saturated heterocycles. The van der Waals surface area contributed by atoms with Crippen molar-refractivity contribution in [3.63, 3.8) is 0 Å². The van der Waals surface area contributed by atoms with Crippen molar-refractivity contribution >= 4 is 17.7 Å². The number of rotatable bonds is 8. The van der Waals surface area contributed by atoms with Crippen LogP contribution in [0.25, 0.3) is 0 Å². The molecule has 0 saturated carbocycles. The third-order valence-corrected chi connectivity index (χ3v) is 6.27. The number of amides is 1. The van der Waals surface area contributed by atoms with E-state index < -0.39 is 0 Å². The molecule has 3 rings (SSSR count). The van der Waals surface area contributed by atoms with Gasteiger partial charge in [-0.3, -0.25) is 4.79 Å². The van der Waals surface area contributed by atoms with E-state index in [-0.39, 0.29) is 35.4 Å². The third kappa shape index (κ3) is 4.81. The maximum Gasteiger partial charge on any atom is 0.225 e. The molecule has 0 radical (unpaired) electrons. The number of thioether (sulfide) groups is 1. The van der Waals surface area contributed by atoms with Gasteiger partial charge in [-0.15, -0.1) is 11.8 Å². The second kappa shape index (κ2) is 9.44. The number of methoxy groups -OCH3 is 1. The molecule has 1 aromatic rings. The van der Waals surface area contributed by atoms with E-state index >= 15 is 0 Å². The van der Waals surface area contributed by atoms with Crippen LogP contribution in [0.4, 0.5) is 0 Å². The van der Waals surface area contributed by atoms with Gasteiger partial charge in [0.15, 0.2) is 0 Å². The highest BCUT2D eigenvalue weighted by atomic mass is 32.2. The molecule has 1 unspecified atom stereocenters. The number of carbonyl (C=O) groups excluding carboxylic acids is 1. The van der Waals surface area contributed by atoms with E-state index in [4.69, 9.17) is 4.74 Å². The molecule has 1 amide bonds. The molecule has 2 aliphatic heterocycles. The van der Waals surface area contributed by atoms with Gasteiger partial charge in [-0.1, -0.05) is 37.3 Å². The van der Waals surface area contributed by atoms with Crippen molar-refractivity contribution in [2.75, 3.05) is 13.7 Å². The molecular weight excluding hydrogens is 346 g/mol. The van der Waals surface area contributed by atoms with Crippen molar-refractivity contribution in [1.82, 2.24) is 16.0 Å². The molecule has 5 atom stereocenters. The van der Waals surface area contributed by atoms with Crippen molar-refractivity contribution in [2.45, 2.75) is 49.7 Å². The molecule has 142 valence electrons. The van der Waals surface area contributed by atoms with Crippen molar-refractivity contribution in [3.8, 4) is 0 Å². The second-order valence-corrected chi connectivity index (χ2v) is 8.07. The number of carbonyl (C=O) groups is 1. The maximum absolute atomic E-state index is 13.0. The molecule has 2 aliphatic rings. The number of hydrogen-bond acceptors (Lipinski definition) is 5. The van der Waals surface area contributed by atoms with Crippen LogP contribution in [-0.4, -0.2) is 43.1 Å². The van der Waals surface area contributed by atoms with Crippen LogP contribution in [-0.2, 0) is 16.0 Å². The average Bonchev–Trinajstić information content (AvgIpc) is 3.37. The van der Waals surface area contributed by atoms with E-state index in [2.05, 4.69) is 28.1 Å². The molecule has 0 aliphatic carbocycles. The van der Waals surface area contributed by atoms with E-state index in [1.807, 2.05) is 36.7 Å². The highest BCUT2D eigenvalue weighted by Crippen LogP contribution is 2.23. The van der Waals surface area contributed by atoms with E-state index in [9.17, 15) is 4.79 Å². The highest BCUT2D eigenvalue weighted by Gasteiger charge is 2.35. The zero-order valence-corrected chi connectivity index (χ0v) is 16.3. The van der Waals surface area contributed by atoms with Gasteiger partial charge in [-0.2, -0.15) is 0 Å². The molecule has 6 heteroatoms. The fourth-order valence-corrected chi connectivity index (χ4v) is 4.62. The Morgan fingerprint density at radius 3 is 2.81 bits per heavy atom. The Balaban J connectivity index is 1.65. The summed E-state index contributed by atoms with van der Waals surface area (Å²) in [5.41, 5.74) is 1.22. The average molecular weight is 376 g/mol. The third-order valence-electron chi connectivity index (χ3n) is 5.22. The van der Waals surface area contributed by atoms with Gasteiger partial charge in [-0.25, -0.2) is 0 Å². The molecule has 5 nitrogen and oxygen atoms in total. The first-order chi connectivity index (χ1) is 12.7. The summed E-state index contributed by atoms with van der Waals surface area (Å²) in [6, 6.07) is 10.6. The van der Waals surface area contributed by atoms with Crippen LogP contribution < -0.4 is 16.0 Å². The van der Waals surface area contributed by atoms with Gasteiger partial charge < -0.3 is 20.7 Å². The molecule has 0 aromatic heterocycles. The van der Waals surface area contributed by atoms with E-state index in [1.165, 1.54) is 5.56 Å². The van der Waals surface area contributed by atoms with Crippen LogP contribution in [0.5, 0.6) is 0 Å². The van der Waals surface area contributed by atoms with E-state index in [1.54, 1.807) is 18.9 Å². The molecule has 0 bridgehead atoms. The summed E-state index contributed by atoms with van der Waals surface area (Å²) in [7, 11) is 1.70. The minimum atomic E-state index is -0.201. The summed E-state index contributed by atoms with van der Waals surface area (Å²) in [4.78, 5) is 13.0. The zero-order chi connectivity index (χ0) is 18.4. The van der Waals surface area contributed by atoms with E-state index in [0.717, 1.165) is 25.8 Å². The lowest BCUT2D eigenvalue weighted by molar-refractivity contribution is -0.130. The van der Waals surface area contributed by atoms with Gasteiger partial charge in [0.05, 0.1) is 23.4 Å². The van der Waals surface area contributed by atoms with Crippen LogP contribution in [0.15, 0.2) is 41.9 Å². The molecular formula is C20H29N3O2S. The van der Waals surface area contributed by atoms with Gasteiger partial charge in [-0.05, 0) is 36.8 Å². The van der Waals surface area contributed by atoms with Crippen LogP contribution in [0.2, 0.25) is 0 Å². The summed E-state index contributed by atoms with van der Waals surface area (Å²) < 4.78 is 5.69. The SMILES string of the molecule is CO[C@@H]([C@@H]1CCCN1)[C@@H](C)C(=O)N[C@@H](Cc1ccccc1)C1NC=CS1. The second-order valence-electron chi connectivity index (χ2n) is 7.02. The lowest BCUT2D eigenvalue weighted by Crippen LogP contribution is -2.52. The first-order valence-electron chi connectivity index (χ1n) is 9.36. The minimum absolute atomic E-state index is 0.0152. The van der Waals surface area contributed by atoms with Crippen molar-refractivity contribution in [3.05, 3.63) is 47.5 Å². The lowest BCUT2D eigenvalue weighted by atomic mass is 9.95. The predicted molar refractivity (Wildman–Crippen MR) is 107 cm³/mol. The van der Waals surface area contributed by atoms with Gasteiger partial charge in [0.1, 0.15) is 0 Å². The van der Waals surface area contributed by atoms with Crippen molar-refractivity contribution < 1.29 is 9.53 Å². The summed E-state index contributed by atoms with van der Waals surface area (Å²) in [5, 5.41) is 12.3. The van der Waals surface area contributed by atoms with Crippen LogP contribution in [0.3, 0.4) is 0 Å². The lowest BCUT2D eigenvalue weighted by Gasteiger charge is -2.31. The summed E-state index contributed by atoms with van der Waals surface area (Å²) in [5.74, 6) is -0.144. The summed E-state index contributed by atoms with van der Waals surface area (Å²) in [6.45, 7) is 2.97. The standard InChI is InChI=1S/C20H29N3O2S/c1-14(18(25-2)16-9-6-10-21-16)19(24)23-17(20-22-11-12-26-20)13-15-7-4-3-5-8-15/h3-5,7-8,11-12,14,16-18,20-22H,6,9-10,13H2,1-2H3,(H,23,24)/t14-,16+,17+,18-,20?/m1/s1. The summed E-state index contributed by atoms with van der Waals surface area (Å²) >= 11 is 1.71. The molecule has 26 heavy (non-hydrogen) atoms. The smallest absolute Gasteiger partial charge is 0.225 e. The van der Waals surface area contributed by atoms with E-state index in [0.29, 0.717) is 0 Å². The van der Waals surface area contributed by atoms with Crippen molar-refractivity contribution in [2.24, 2.45) is 5.92 Å². The minimum Gasteiger partial charge on any atom is -0.379 e. The molecule has 1 fully saturated rings. The van der Waals surface area contributed by atoms with Crippen LogP contribution >= 0.6 is 11.8 Å². The molecule has 1 aromatic carbocycles. The summed E-state index contributed by atoms with van der Waals surface area (Å²) in [6.07, 6.45) is 4.85. The Morgan fingerprint density at radius 1 is 1.38 bits per heavy atom. The van der Waals surface area contributed by atoms with Gasteiger partial charge in [0.2, 0.25) is 5.91 Å². The Morgan fingerprint density at radius 2 is 2.19 bits per heavy atom. The fourth-order valence-electron chi connectivity index (χ4n) is 3.78. The number of nitrogens with one attached hydrogen (secondary N) is 3. The molecule has 2 heterocycles. The Hall–Kier alpha value is -1.50. The highest BCUT2D eigenvalue weighted by molar-refractivity contribution is 8.03. The monoisotopic (exact) mass is 375 g/mol. The van der Waals surface area contributed by atoms with Crippen LogP contribution in [0, 0.1) is 5.92 Å². The van der Waals surface area contributed by atoms with Gasteiger partial charge >= 0.3 is 0 Å². The van der Waals surface area contributed by atoms with Crippen LogP contribution in [0.1, 0.15) is 25.3 Å². The first-order valence-corrected chi connectivity index (χ1v) is 10.3. The molecule has 3 N–H and O–H groups in total. The molecule has 0 spiro atoms.